The fraction of sp³-hybridized carbons (Fsp3) is 0.286. The van der Waals surface area contributed by atoms with Crippen molar-refractivity contribution in [2.75, 3.05) is 31.1 Å². The van der Waals surface area contributed by atoms with E-state index in [0.717, 1.165) is 54.9 Å². The predicted molar refractivity (Wildman–Crippen MR) is 151 cm³/mol. The SMILES string of the molecule is N#Cc1cc2c(cn1)N(C(=O)NCc1ccnc(Cl)c1)CC21CCN(CC=Cc2ccc(Cl)c(Cl)c2)CC1. The molecule has 0 unspecified atom stereocenters. The van der Waals surface area contributed by atoms with Gasteiger partial charge in [0.1, 0.15) is 16.9 Å². The van der Waals surface area contributed by atoms with Crippen LogP contribution in [0.1, 0.15) is 35.2 Å². The fourth-order valence-corrected chi connectivity index (χ4v) is 5.68. The van der Waals surface area contributed by atoms with Gasteiger partial charge in [-0.25, -0.2) is 14.8 Å². The third kappa shape index (κ3) is 5.64. The molecule has 1 aromatic carbocycles. The zero-order valence-electron chi connectivity index (χ0n) is 20.5. The van der Waals surface area contributed by atoms with E-state index in [0.29, 0.717) is 34.0 Å². The Morgan fingerprint density at radius 2 is 1.92 bits per heavy atom. The monoisotopic (exact) mass is 566 g/mol. The third-order valence-corrected chi connectivity index (χ3v) is 8.18. The summed E-state index contributed by atoms with van der Waals surface area (Å²) < 4.78 is 0. The van der Waals surface area contributed by atoms with E-state index >= 15 is 0 Å². The minimum absolute atomic E-state index is 0.199. The second kappa shape index (κ2) is 11.3. The molecule has 0 bridgehead atoms. The number of amides is 2. The van der Waals surface area contributed by atoms with Crippen molar-refractivity contribution in [3.63, 3.8) is 0 Å². The maximum absolute atomic E-state index is 13.3. The standard InChI is InChI=1S/C28H25Cl3N6O/c29-23-4-3-19(12-24(23)30)2-1-9-36-10-6-28(7-11-36)18-37(25-17-34-21(15-32)14-22(25)28)27(38)35-16-20-5-8-33-26(31)13-20/h1-5,8,12-14,17H,6-7,9-11,16,18H2,(H,35,38). The Morgan fingerprint density at radius 3 is 2.66 bits per heavy atom. The van der Waals surface area contributed by atoms with Gasteiger partial charge in [-0.05, 0) is 73.0 Å². The molecule has 0 radical (unpaired) electrons. The Kier molecular flexibility index (Phi) is 7.87. The molecule has 3 aromatic rings. The van der Waals surface area contributed by atoms with Crippen LogP contribution in [0.5, 0.6) is 0 Å². The third-order valence-electron chi connectivity index (χ3n) is 7.23. The van der Waals surface area contributed by atoms with Crippen LogP contribution in [-0.4, -0.2) is 47.1 Å². The summed E-state index contributed by atoms with van der Waals surface area (Å²) in [5, 5.41) is 13.9. The van der Waals surface area contributed by atoms with E-state index in [1.54, 1.807) is 29.4 Å². The van der Waals surface area contributed by atoms with E-state index in [2.05, 4.69) is 32.3 Å². The normalized spacial score (nSPS) is 16.5. The van der Waals surface area contributed by atoms with Crippen molar-refractivity contribution in [3.8, 4) is 6.07 Å². The summed E-state index contributed by atoms with van der Waals surface area (Å²) in [5.74, 6) is 0. The van der Waals surface area contributed by atoms with Crippen LogP contribution in [0.4, 0.5) is 10.5 Å². The molecular formula is C28H25Cl3N6O. The number of piperidine rings is 1. The van der Waals surface area contributed by atoms with E-state index in [1.807, 2.05) is 30.3 Å². The first-order valence-corrected chi connectivity index (χ1v) is 13.4. The Hall–Kier alpha value is -3.15. The van der Waals surface area contributed by atoms with Crippen molar-refractivity contribution in [3.05, 3.63) is 92.5 Å². The minimum Gasteiger partial charge on any atom is -0.334 e. The van der Waals surface area contributed by atoms with Gasteiger partial charge in [-0.3, -0.25) is 9.80 Å². The van der Waals surface area contributed by atoms with E-state index in [4.69, 9.17) is 34.8 Å². The van der Waals surface area contributed by atoms with Gasteiger partial charge in [0.05, 0.1) is 21.9 Å². The zero-order chi connectivity index (χ0) is 26.7. The number of rotatable bonds is 5. The first-order valence-electron chi connectivity index (χ1n) is 12.3. The number of carbonyl (C=O) groups excluding carboxylic acids is 1. The molecule has 0 aliphatic carbocycles. The van der Waals surface area contributed by atoms with Gasteiger partial charge in [0.2, 0.25) is 0 Å². The summed E-state index contributed by atoms with van der Waals surface area (Å²) in [4.78, 5) is 25.7. The van der Waals surface area contributed by atoms with Crippen molar-refractivity contribution in [1.82, 2.24) is 20.2 Å². The van der Waals surface area contributed by atoms with Crippen molar-refractivity contribution >= 4 is 52.6 Å². The van der Waals surface area contributed by atoms with Crippen molar-refractivity contribution in [2.45, 2.75) is 24.8 Å². The van der Waals surface area contributed by atoms with Gasteiger partial charge in [0.25, 0.3) is 0 Å². The summed E-state index contributed by atoms with van der Waals surface area (Å²) in [5.41, 5.74) is 3.81. The number of fused-ring (bicyclic) bond motifs is 2. The van der Waals surface area contributed by atoms with Gasteiger partial charge in [0, 0.05) is 31.2 Å². The number of aromatic nitrogens is 2. The molecule has 10 heteroatoms. The molecule has 5 rings (SSSR count). The number of nitriles is 1. The Bertz CT molecular complexity index is 1430. The molecule has 1 fully saturated rings. The number of anilines is 1. The minimum atomic E-state index is -0.217. The maximum Gasteiger partial charge on any atom is 0.322 e. The lowest BCUT2D eigenvalue weighted by Gasteiger charge is -2.39. The molecule has 2 aliphatic heterocycles. The second-order valence-corrected chi connectivity index (χ2v) is 10.8. The van der Waals surface area contributed by atoms with Gasteiger partial charge in [0.15, 0.2) is 0 Å². The smallest absolute Gasteiger partial charge is 0.322 e. The average molecular weight is 568 g/mol. The van der Waals surface area contributed by atoms with Gasteiger partial charge in [-0.2, -0.15) is 5.26 Å². The summed E-state index contributed by atoms with van der Waals surface area (Å²) in [7, 11) is 0. The van der Waals surface area contributed by atoms with Crippen LogP contribution in [0, 0.1) is 11.3 Å². The topological polar surface area (TPSA) is 85.1 Å². The average Bonchev–Trinajstić information content (AvgIpc) is 3.23. The molecule has 0 saturated carbocycles. The van der Waals surface area contributed by atoms with Gasteiger partial charge in [-0.15, -0.1) is 0 Å². The molecule has 2 aromatic heterocycles. The molecule has 1 spiro atoms. The largest absolute Gasteiger partial charge is 0.334 e. The molecule has 7 nitrogen and oxygen atoms in total. The highest BCUT2D eigenvalue weighted by Gasteiger charge is 2.46. The van der Waals surface area contributed by atoms with E-state index in [-0.39, 0.29) is 11.4 Å². The Morgan fingerprint density at radius 1 is 1.11 bits per heavy atom. The highest BCUT2D eigenvalue weighted by molar-refractivity contribution is 6.42. The van der Waals surface area contributed by atoms with Crippen LogP contribution in [0.3, 0.4) is 0 Å². The summed E-state index contributed by atoms with van der Waals surface area (Å²) in [6, 6.07) is 12.9. The molecule has 1 saturated heterocycles. The highest BCUT2D eigenvalue weighted by atomic mass is 35.5. The molecule has 1 N–H and O–H groups in total. The van der Waals surface area contributed by atoms with E-state index in [9.17, 15) is 10.1 Å². The molecule has 4 heterocycles. The van der Waals surface area contributed by atoms with Gasteiger partial charge < -0.3 is 5.32 Å². The molecule has 0 atom stereocenters. The summed E-state index contributed by atoms with van der Waals surface area (Å²) in [6.45, 7) is 3.44. The number of carbonyl (C=O) groups is 1. The van der Waals surface area contributed by atoms with Crippen LogP contribution in [0.25, 0.3) is 6.08 Å². The van der Waals surface area contributed by atoms with Crippen LogP contribution >= 0.6 is 34.8 Å². The number of hydrogen-bond donors (Lipinski definition) is 1. The lowest BCUT2D eigenvalue weighted by atomic mass is 9.74. The van der Waals surface area contributed by atoms with Crippen LogP contribution in [-0.2, 0) is 12.0 Å². The van der Waals surface area contributed by atoms with Crippen LogP contribution in [0.15, 0.2) is 54.9 Å². The number of urea groups is 1. The highest BCUT2D eigenvalue weighted by Crippen LogP contribution is 2.47. The molecule has 2 aliphatic rings. The van der Waals surface area contributed by atoms with E-state index < -0.39 is 0 Å². The lowest BCUT2D eigenvalue weighted by Crippen LogP contribution is -2.47. The summed E-state index contributed by atoms with van der Waals surface area (Å²) >= 11 is 18.1. The first-order chi connectivity index (χ1) is 18.4. The number of hydrogen-bond acceptors (Lipinski definition) is 5. The lowest BCUT2D eigenvalue weighted by molar-refractivity contribution is 0.180. The van der Waals surface area contributed by atoms with Crippen molar-refractivity contribution < 1.29 is 4.79 Å². The summed E-state index contributed by atoms with van der Waals surface area (Å²) in [6.07, 6.45) is 9.19. The van der Waals surface area contributed by atoms with Crippen molar-refractivity contribution in [1.29, 1.82) is 5.26 Å². The number of halogens is 3. The molecule has 194 valence electrons. The van der Waals surface area contributed by atoms with Gasteiger partial charge >= 0.3 is 6.03 Å². The molecule has 38 heavy (non-hydrogen) atoms. The fourth-order valence-electron chi connectivity index (χ4n) is 5.17. The Labute approximate surface area is 236 Å². The van der Waals surface area contributed by atoms with Crippen LogP contribution < -0.4 is 10.2 Å². The number of pyridine rings is 2. The Balaban J connectivity index is 1.27. The first kappa shape index (κ1) is 26.5. The maximum atomic E-state index is 13.3. The molecule has 2 amide bonds. The number of nitrogens with one attached hydrogen (secondary N) is 1. The number of likely N-dealkylation sites (tertiary alicyclic amines) is 1. The van der Waals surface area contributed by atoms with E-state index in [1.165, 1.54) is 0 Å². The quantitative estimate of drug-likeness (QED) is 0.378. The van der Waals surface area contributed by atoms with Crippen LogP contribution in [0.2, 0.25) is 15.2 Å². The number of nitrogens with zero attached hydrogens (tertiary/aromatic N) is 5. The second-order valence-electron chi connectivity index (χ2n) is 9.59. The zero-order valence-corrected chi connectivity index (χ0v) is 22.8. The number of benzene rings is 1. The van der Waals surface area contributed by atoms with Crippen molar-refractivity contribution in [2.24, 2.45) is 0 Å². The molecular weight excluding hydrogens is 543 g/mol. The predicted octanol–water partition coefficient (Wildman–Crippen LogP) is 6.09. The van der Waals surface area contributed by atoms with Gasteiger partial charge in [-0.1, -0.05) is 53.0 Å².